The summed E-state index contributed by atoms with van der Waals surface area (Å²) in [6.07, 6.45) is 0. The van der Waals surface area contributed by atoms with Gasteiger partial charge in [-0.1, -0.05) is 194 Å². The molecule has 0 bridgehead atoms. The molecular weight excluding hydrogens is 775 g/mol. The van der Waals surface area contributed by atoms with Crippen molar-refractivity contribution in [2.45, 2.75) is 0 Å². The smallest absolute Gasteiger partial charge is 0.143 e. The van der Waals surface area contributed by atoms with Crippen LogP contribution in [0.3, 0.4) is 0 Å². The van der Waals surface area contributed by atoms with E-state index < -0.39 is 0 Å². The Kier molecular flexibility index (Phi) is 9.20. The van der Waals surface area contributed by atoms with Gasteiger partial charge in [-0.3, -0.25) is 0 Å². The summed E-state index contributed by atoms with van der Waals surface area (Å²) in [6.45, 7) is 0. The van der Waals surface area contributed by atoms with E-state index in [-0.39, 0.29) is 0 Å². The molecule has 11 aromatic carbocycles. The molecule has 0 saturated heterocycles. The largest absolute Gasteiger partial charge is 0.455 e. The van der Waals surface area contributed by atoms with E-state index in [2.05, 4.69) is 254 Å². The molecular formula is C62H41NO. The lowest BCUT2D eigenvalue weighted by Gasteiger charge is -2.27. The molecule has 0 spiro atoms. The van der Waals surface area contributed by atoms with E-state index in [4.69, 9.17) is 4.74 Å². The molecule has 0 radical (unpaired) electrons. The minimum atomic E-state index is 0.807. The van der Waals surface area contributed by atoms with Crippen molar-refractivity contribution in [2.75, 3.05) is 4.90 Å². The van der Waals surface area contributed by atoms with Gasteiger partial charge in [0.1, 0.15) is 11.5 Å². The molecule has 64 heavy (non-hydrogen) atoms. The standard InChI is InChI=1S/C62H41NO/c1-3-13-42(14-4-1)44-25-27-45(28-26-44)47-31-35-52(36-32-47)63(51-33-29-46(30-34-51)43-15-5-2-6-16-43)53-37-38-56-59-39-49-18-7-8-19-50(49)40-60(59)58-24-12-23-57(62(58)64-61(56)41-53)55-22-11-20-48-17-9-10-21-54(48)55/h1-41H. The number of hydrogen-bond donors (Lipinski definition) is 0. The van der Waals surface area contributed by atoms with Crippen molar-refractivity contribution < 1.29 is 4.74 Å². The topological polar surface area (TPSA) is 12.5 Å². The van der Waals surface area contributed by atoms with Crippen LogP contribution in [0, 0.1) is 0 Å². The Balaban J connectivity index is 1.01. The number of benzene rings is 11. The molecule has 0 aromatic heterocycles. The van der Waals surface area contributed by atoms with Crippen molar-refractivity contribution in [3.8, 4) is 78.3 Å². The highest BCUT2D eigenvalue weighted by Crippen LogP contribution is 2.53. The molecule has 0 aliphatic carbocycles. The average Bonchev–Trinajstić information content (AvgIpc) is 3.50. The zero-order valence-corrected chi connectivity index (χ0v) is 35.0. The number of fused-ring (bicyclic) bond motifs is 7. The van der Waals surface area contributed by atoms with Gasteiger partial charge in [0.25, 0.3) is 0 Å². The van der Waals surface area contributed by atoms with Crippen molar-refractivity contribution >= 4 is 38.6 Å². The van der Waals surface area contributed by atoms with Crippen LogP contribution in [0.4, 0.5) is 17.1 Å². The third-order valence-electron chi connectivity index (χ3n) is 12.7. The van der Waals surface area contributed by atoms with Gasteiger partial charge in [-0.2, -0.15) is 0 Å². The molecule has 2 nitrogen and oxygen atoms in total. The van der Waals surface area contributed by atoms with Gasteiger partial charge in [0, 0.05) is 39.8 Å². The van der Waals surface area contributed by atoms with Gasteiger partial charge >= 0.3 is 0 Å². The minimum Gasteiger partial charge on any atom is -0.455 e. The van der Waals surface area contributed by atoms with Crippen LogP contribution in [-0.2, 0) is 0 Å². The highest BCUT2D eigenvalue weighted by molar-refractivity contribution is 6.04. The number of nitrogens with zero attached hydrogens (tertiary/aromatic N) is 1. The lowest BCUT2D eigenvalue weighted by atomic mass is 9.89. The molecule has 0 N–H and O–H groups in total. The highest BCUT2D eigenvalue weighted by Gasteiger charge is 2.26. The van der Waals surface area contributed by atoms with E-state index in [0.717, 1.165) is 67.5 Å². The second-order valence-corrected chi connectivity index (χ2v) is 16.5. The molecule has 0 saturated carbocycles. The third kappa shape index (κ3) is 6.70. The number of anilines is 3. The Bertz CT molecular complexity index is 3480. The van der Waals surface area contributed by atoms with E-state index in [9.17, 15) is 0 Å². The molecule has 0 atom stereocenters. The van der Waals surface area contributed by atoms with Gasteiger partial charge in [-0.15, -0.1) is 0 Å². The highest BCUT2D eigenvalue weighted by atomic mass is 16.5. The van der Waals surface area contributed by atoms with Crippen LogP contribution in [0.25, 0.3) is 88.3 Å². The minimum absolute atomic E-state index is 0.807. The summed E-state index contributed by atoms with van der Waals surface area (Å²) in [5.74, 6) is 1.66. The van der Waals surface area contributed by atoms with Crippen LogP contribution < -0.4 is 9.64 Å². The number of para-hydroxylation sites is 1. The molecule has 1 aliphatic heterocycles. The maximum atomic E-state index is 7.38. The predicted octanol–water partition coefficient (Wildman–Crippen LogP) is 17.6. The Hall–Kier alpha value is -8.46. The van der Waals surface area contributed by atoms with E-state index in [1.54, 1.807) is 0 Å². The van der Waals surface area contributed by atoms with E-state index in [1.807, 2.05) is 0 Å². The lowest BCUT2D eigenvalue weighted by molar-refractivity contribution is 0.489. The normalized spacial score (nSPS) is 11.6. The molecule has 300 valence electrons. The van der Waals surface area contributed by atoms with Crippen LogP contribution in [0.2, 0.25) is 0 Å². The summed E-state index contributed by atoms with van der Waals surface area (Å²) in [5.41, 5.74) is 16.9. The van der Waals surface area contributed by atoms with Gasteiger partial charge in [0.15, 0.2) is 0 Å². The van der Waals surface area contributed by atoms with Gasteiger partial charge in [0.05, 0.1) is 0 Å². The van der Waals surface area contributed by atoms with E-state index in [0.29, 0.717) is 0 Å². The molecule has 0 fully saturated rings. The van der Waals surface area contributed by atoms with Crippen molar-refractivity contribution in [1.82, 2.24) is 0 Å². The van der Waals surface area contributed by atoms with Crippen LogP contribution in [0.1, 0.15) is 0 Å². The second kappa shape index (κ2) is 15.8. The summed E-state index contributed by atoms with van der Waals surface area (Å²) >= 11 is 0. The van der Waals surface area contributed by atoms with Crippen molar-refractivity contribution in [3.05, 3.63) is 249 Å². The summed E-state index contributed by atoms with van der Waals surface area (Å²) in [7, 11) is 0. The summed E-state index contributed by atoms with van der Waals surface area (Å²) in [4.78, 5) is 2.34. The number of hydrogen-bond acceptors (Lipinski definition) is 2. The first-order valence-electron chi connectivity index (χ1n) is 21.9. The third-order valence-corrected chi connectivity index (χ3v) is 12.7. The Morgan fingerprint density at radius 2 is 0.656 bits per heavy atom. The maximum absolute atomic E-state index is 7.38. The molecule has 0 unspecified atom stereocenters. The first-order valence-corrected chi connectivity index (χ1v) is 21.9. The van der Waals surface area contributed by atoms with Crippen LogP contribution >= 0.6 is 0 Å². The molecule has 11 aromatic rings. The molecule has 12 rings (SSSR count). The lowest BCUT2D eigenvalue weighted by Crippen LogP contribution is -2.10. The van der Waals surface area contributed by atoms with E-state index in [1.165, 1.54) is 49.4 Å². The fourth-order valence-electron chi connectivity index (χ4n) is 9.45. The first kappa shape index (κ1) is 37.3. The summed E-state index contributed by atoms with van der Waals surface area (Å²) in [5, 5.41) is 4.78. The Labute approximate surface area is 373 Å². The molecule has 2 heteroatoms. The number of rotatable bonds is 7. The SMILES string of the molecule is c1ccc(-c2ccc(-c3ccc(N(c4ccc(-c5ccccc5)cc4)c4ccc5c(c4)Oc4c(cccc4-c4cccc6ccccc46)-c4cc6ccccc6cc4-5)cc3)cc2)cc1. The first-order chi connectivity index (χ1) is 31.7. The Morgan fingerprint density at radius 1 is 0.250 bits per heavy atom. The fourth-order valence-corrected chi connectivity index (χ4v) is 9.45. The van der Waals surface area contributed by atoms with Crippen molar-refractivity contribution in [2.24, 2.45) is 0 Å². The van der Waals surface area contributed by atoms with E-state index >= 15 is 0 Å². The summed E-state index contributed by atoms with van der Waals surface area (Å²) < 4.78 is 7.38. The van der Waals surface area contributed by atoms with Gasteiger partial charge < -0.3 is 9.64 Å². The zero-order chi connectivity index (χ0) is 42.4. The maximum Gasteiger partial charge on any atom is 0.143 e. The average molecular weight is 816 g/mol. The summed E-state index contributed by atoms with van der Waals surface area (Å²) in [6, 6.07) is 89.5. The zero-order valence-electron chi connectivity index (χ0n) is 35.0. The van der Waals surface area contributed by atoms with Crippen LogP contribution in [0.5, 0.6) is 11.5 Å². The van der Waals surface area contributed by atoms with Gasteiger partial charge in [-0.25, -0.2) is 0 Å². The quantitative estimate of drug-likeness (QED) is 0.159. The van der Waals surface area contributed by atoms with Crippen molar-refractivity contribution in [3.63, 3.8) is 0 Å². The molecule has 0 amide bonds. The molecule has 1 aliphatic rings. The van der Waals surface area contributed by atoms with Gasteiger partial charge in [0.2, 0.25) is 0 Å². The molecule has 1 heterocycles. The predicted molar refractivity (Wildman–Crippen MR) is 269 cm³/mol. The second-order valence-electron chi connectivity index (χ2n) is 16.5. The monoisotopic (exact) mass is 815 g/mol. The van der Waals surface area contributed by atoms with Crippen LogP contribution in [0.15, 0.2) is 249 Å². The van der Waals surface area contributed by atoms with Crippen LogP contribution in [-0.4, -0.2) is 0 Å². The Morgan fingerprint density at radius 3 is 1.23 bits per heavy atom. The van der Waals surface area contributed by atoms with Gasteiger partial charge in [-0.05, 0) is 120 Å². The fraction of sp³-hybridized carbons (Fsp3) is 0. The number of ether oxygens (including phenoxy) is 1. The van der Waals surface area contributed by atoms with Crippen molar-refractivity contribution in [1.29, 1.82) is 0 Å².